The first-order valence-corrected chi connectivity index (χ1v) is 10.1. The second-order valence-electron chi connectivity index (χ2n) is 7.88. The number of carbonyl (C=O) groups excluding carboxylic acids is 1. The minimum atomic E-state index is -0.000115. The van der Waals surface area contributed by atoms with Crippen molar-refractivity contribution in [2.75, 3.05) is 13.1 Å². The predicted molar refractivity (Wildman–Crippen MR) is 105 cm³/mol. The summed E-state index contributed by atoms with van der Waals surface area (Å²) in [6, 6.07) is 9.67. The molecular formula is C22H24N4O2. The van der Waals surface area contributed by atoms with Gasteiger partial charge in [0.05, 0.1) is 6.20 Å². The number of nitrogens with zero attached hydrogens (tertiary/aromatic N) is 4. The molecule has 1 aliphatic heterocycles. The highest BCUT2D eigenvalue weighted by atomic mass is 16.5. The molecule has 2 fully saturated rings. The van der Waals surface area contributed by atoms with Crippen molar-refractivity contribution < 1.29 is 9.32 Å². The Bertz CT molecular complexity index is 950. The van der Waals surface area contributed by atoms with Crippen LogP contribution < -0.4 is 0 Å². The molecule has 2 aromatic heterocycles. The van der Waals surface area contributed by atoms with E-state index in [1.165, 1.54) is 18.7 Å². The van der Waals surface area contributed by atoms with Gasteiger partial charge in [-0.1, -0.05) is 35.5 Å². The van der Waals surface area contributed by atoms with Crippen LogP contribution >= 0.6 is 0 Å². The van der Waals surface area contributed by atoms with E-state index in [0.717, 1.165) is 44.0 Å². The topological polar surface area (TPSA) is 64.2 Å². The van der Waals surface area contributed by atoms with Gasteiger partial charge in [0.15, 0.2) is 5.76 Å². The third kappa shape index (κ3) is 3.35. The molecule has 0 unspecified atom stereocenters. The average molecular weight is 376 g/mol. The Labute approximate surface area is 164 Å². The van der Waals surface area contributed by atoms with E-state index in [1.54, 1.807) is 6.20 Å². The summed E-state index contributed by atoms with van der Waals surface area (Å²) in [7, 11) is 0. The van der Waals surface area contributed by atoms with Gasteiger partial charge in [0.2, 0.25) is 0 Å². The standard InChI is InChI=1S/C22H24N4O2/c27-22(19-14-24-28-20(19)17-4-2-1-3-5-17)25-11-8-18(9-12-25)21-23-10-13-26(21)15-16-6-7-16/h1-5,10,13-14,16,18H,6-9,11-12,15H2. The quantitative estimate of drug-likeness (QED) is 0.676. The normalized spacial score (nSPS) is 17.8. The van der Waals surface area contributed by atoms with Gasteiger partial charge in [-0.3, -0.25) is 4.79 Å². The monoisotopic (exact) mass is 376 g/mol. The lowest BCUT2D eigenvalue weighted by atomic mass is 9.95. The minimum absolute atomic E-state index is 0.000115. The molecular weight excluding hydrogens is 352 g/mol. The molecule has 1 aromatic carbocycles. The van der Waals surface area contributed by atoms with Gasteiger partial charge in [0.1, 0.15) is 11.4 Å². The summed E-state index contributed by atoms with van der Waals surface area (Å²) in [5.74, 6) is 3.00. The Balaban J connectivity index is 1.27. The van der Waals surface area contributed by atoms with E-state index in [-0.39, 0.29) is 5.91 Å². The molecule has 1 aliphatic carbocycles. The predicted octanol–water partition coefficient (Wildman–Crippen LogP) is 3.97. The number of hydrogen-bond donors (Lipinski definition) is 0. The number of piperidine rings is 1. The largest absolute Gasteiger partial charge is 0.355 e. The molecule has 0 atom stereocenters. The maximum Gasteiger partial charge on any atom is 0.259 e. The highest BCUT2D eigenvalue weighted by molar-refractivity contribution is 5.99. The third-order valence-electron chi connectivity index (χ3n) is 5.88. The Morgan fingerprint density at radius 1 is 1.11 bits per heavy atom. The first kappa shape index (κ1) is 17.2. The van der Waals surface area contributed by atoms with E-state index in [9.17, 15) is 4.79 Å². The fourth-order valence-electron chi connectivity index (χ4n) is 4.11. The van der Waals surface area contributed by atoms with Crippen LogP contribution in [0.4, 0.5) is 0 Å². The lowest BCUT2D eigenvalue weighted by Crippen LogP contribution is -2.38. The minimum Gasteiger partial charge on any atom is -0.355 e. The maximum absolute atomic E-state index is 13.1. The van der Waals surface area contributed by atoms with E-state index < -0.39 is 0 Å². The van der Waals surface area contributed by atoms with Crippen LogP contribution in [0.25, 0.3) is 11.3 Å². The Kier molecular flexibility index (Phi) is 4.47. The molecule has 6 heteroatoms. The van der Waals surface area contributed by atoms with E-state index in [4.69, 9.17) is 4.52 Å². The van der Waals surface area contributed by atoms with Crippen molar-refractivity contribution in [2.24, 2.45) is 5.92 Å². The fraction of sp³-hybridized carbons (Fsp3) is 0.409. The molecule has 2 aliphatic rings. The Morgan fingerprint density at radius 3 is 2.64 bits per heavy atom. The zero-order valence-corrected chi connectivity index (χ0v) is 15.8. The summed E-state index contributed by atoms with van der Waals surface area (Å²) in [4.78, 5) is 19.6. The van der Waals surface area contributed by atoms with Crippen LogP contribution in [0.3, 0.4) is 0 Å². The Hall–Kier alpha value is -2.89. The SMILES string of the molecule is O=C(c1cnoc1-c1ccccc1)N1CCC(c2nccn2CC2CC2)CC1. The summed E-state index contributed by atoms with van der Waals surface area (Å²) >= 11 is 0. The molecule has 1 amide bonds. The number of aromatic nitrogens is 3. The zero-order valence-electron chi connectivity index (χ0n) is 15.8. The zero-order chi connectivity index (χ0) is 18.9. The van der Waals surface area contributed by atoms with Crippen LogP contribution in [0.2, 0.25) is 0 Å². The molecule has 3 aromatic rings. The van der Waals surface area contributed by atoms with Gasteiger partial charge in [-0.25, -0.2) is 4.98 Å². The number of benzene rings is 1. The van der Waals surface area contributed by atoms with Crippen molar-refractivity contribution in [2.45, 2.75) is 38.1 Å². The van der Waals surface area contributed by atoms with Crippen molar-refractivity contribution >= 4 is 5.91 Å². The summed E-state index contributed by atoms with van der Waals surface area (Å²) in [5.41, 5.74) is 1.42. The second-order valence-corrected chi connectivity index (χ2v) is 7.88. The molecule has 0 spiro atoms. The number of likely N-dealkylation sites (tertiary alicyclic amines) is 1. The van der Waals surface area contributed by atoms with E-state index in [0.29, 0.717) is 17.2 Å². The maximum atomic E-state index is 13.1. The summed E-state index contributed by atoms with van der Waals surface area (Å²) in [5, 5.41) is 3.88. The first-order valence-electron chi connectivity index (χ1n) is 10.1. The van der Waals surface area contributed by atoms with Crippen LogP contribution in [0.15, 0.2) is 53.4 Å². The number of hydrogen-bond acceptors (Lipinski definition) is 4. The van der Waals surface area contributed by atoms with Crippen molar-refractivity contribution in [3.8, 4) is 11.3 Å². The third-order valence-corrected chi connectivity index (χ3v) is 5.88. The average Bonchev–Trinajstić information content (AvgIpc) is 3.23. The van der Waals surface area contributed by atoms with Gasteiger partial charge >= 0.3 is 0 Å². The van der Waals surface area contributed by atoms with Gasteiger partial charge in [0.25, 0.3) is 5.91 Å². The summed E-state index contributed by atoms with van der Waals surface area (Å²) in [6.07, 6.45) is 10.1. The van der Waals surface area contributed by atoms with Crippen LogP contribution in [0, 0.1) is 5.92 Å². The molecule has 28 heavy (non-hydrogen) atoms. The van der Waals surface area contributed by atoms with E-state index in [1.807, 2.05) is 41.4 Å². The van der Waals surface area contributed by atoms with Crippen LogP contribution in [0.1, 0.15) is 47.8 Å². The molecule has 144 valence electrons. The van der Waals surface area contributed by atoms with Gasteiger partial charge in [-0.15, -0.1) is 0 Å². The molecule has 1 saturated heterocycles. The number of rotatable bonds is 5. The van der Waals surface area contributed by atoms with Gasteiger partial charge < -0.3 is 14.0 Å². The molecule has 5 rings (SSSR count). The molecule has 0 N–H and O–H groups in total. The molecule has 0 bridgehead atoms. The lowest BCUT2D eigenvalue weighted by Gasteiger charge is -2.31. The van der Waals surface area contributed by atoms with E-state index >= 15 is 0 Å². The highest BCUT2D eigenvalue weighted by Gasteiger charge is 2.30. The highest BCUT2D eigenvalue weighted by Crippen LogP contribution is 2.34. The van der Waals surface area contributed by atoms with Crippen molar-refractivity contribution in [1.29, 1.82) is 0 Å². The smallest absolute Gasteiger partial charge is 0.259 e. The van der Waals surface area contributed by atoms with Gasteiger partial charge in [-0.2, -0.15) is 0 Å². The van der Waals surface area contributed by atoms with Crippen molar-refractivity contribution in [3.05, 3.63) is 60.3 Å². The van der Waals surface area contributed by atoms with Crippen LogP contribution in [-0.4, -0.2) is 38.6 Å². The van der Waals surface area contributed by atoms with Crippen LogP contribution in [0.5, 0.6) is 0 Å². The van der Waals surface area contributed by atoms with Crippen molar-refractivity contribution in [3.63, 3.8) is 0 Å². The summed E-state index contributed by atoms with van der Waals surface area (Å²) in [6.45, 7) is 2.56. The number of carbonyl (C=O) groups is 1. The van der Waals surface area contributed by atoms with Crippen molar-refractivity contribution in [1.82, 2.24) is 19.6 Å². The van der Waals surface area contributed by atoms with Gasteiger partial charge in [0, 0.05) is 43.5 Å². The second kappa shape index (κ2) is 7.26. The number of amides is 1. The Morgan fingerprint density at radius 2 is 1.89 bits per heavy atom. The summed E-state index contributed by atoms with van der Waals surface area (Å²) < 4.78 is 7.72. The number of imidazole rings is 1. The van der Waals surface area contributed by atoms with E-state index in [2.05, 4.69) is 20.9 Å². The molecule has 6 nitrogen and oxygen atoms in total. The molecule has 3 heterocycles. The van der Waals surface area contributed by atoms with Crippen LogP contribution in [-0.2, 0) is 6.54 Å². The first-order chi connectivity index (χ1) is 13.8. The molecule has 1 saturated carbocycles. The lowest BCUT2D eigenvalue weighted by molar-refractivity contribution is 0.0710. The fourth-order valence-corrected chi connectivity index (χ4v) is 4.11. The van der Waals surface area contributed by atoms with Gasteiger partial charge in [-0.05, 0) is 31.6 Å². The molecule has 0 radical (unpaired) electrons.